The molecule has 0 bridgehead atoms. The highest BCUT2D eigenvalue weighted by Gasteiger charge is 2.30. The zero-order valence-corrected chi connectivity index (χ0v) is 12.6. The Bertz CT molecular complexity index is 547. The number of nitrogens with one attached hydrogen (secondary N) is 1. The minimum Gasteiger partial charge on any atom is -0.384 e. The zero-order chi connectivity index (χ0) is 14.6. The lowest BCUT2D eigenvalue weighted by Crippen LogP contribution is -2.39. The number of amides is 1. The first-order chi connectivity index (χ1) is 9.54. The molecule has 5 heteroatoms. The summed E-state index contributed by atoms with van der Waals surface area (Å²) >= 11 is 1.35. The summed E-state index contributed by atoms with van der Waals surface area (Å²) in [7, 11) is 0. The SMILES string of the molecule is Cc1cc(C(=O)NCC2(C)CCCO2)sc1C#CCO. The summed E-state index contributed by atoms with van der Waals surface area (Å²) in [6, 6.07) is 1.83. The van der Waals surface area contributed by atoms with Crippen LogP contribution in [0, 0.1) is 18.8 Å². The fraction of sp³-hybridized carbons (Fsp3) is 0.533. The maximum Gasteiger partial charge on any atom is 0.261 e. The predicted molar refractivity (Wildman–Crippen MR) is 78.9 cm³/mol. The summed E-state index contributed by atoms with van der Waals surface area (Å²) in [6.45, 7) is 5.06. The van der Waals surface area contributed by atoms with Gasteiger partial charge in [-0.2, -0.15) is 0 Å². The molecule has 0 spiro atoms. The Labute approximate surface area is 123 Å². The Balaban J connectivity index is 1.99. The normalized spacial score (nSPS) is 21.4. The lowest BCUT2D eigenvalue weighted by Gasteiger charge is -2.23. The van der Waals surface area contributed by atoms with E-state index >= 15 is 0 Å². The fourth-order valence-electron chi connectivity index (χ4n) is 2.17. The van der Waals surface area contributed by atoms with Crippen molar-refractivity contribution in [1.82, 2.24) is 5.32 Å². The molecule has 2 heterocycles. The van der Waals surface area contributed by atoms with E-state index < -0.39 is 0 Å². The van der Waals surface area contributed by atoms with E-state index in [-0.39, 0.29) is 18.1 Å². The second-order valence-electron chi connectivity index (χ2n) is 5.17. The predicted octanol–water partition coefficient (Wildman–Crippen LogP) is 1.70. The largest absolute Gasteiger partial charge is 0.384 e. The number of carbonyl (C=O) groups excluding carboxylic acids is 1. The maximum absolute atomic E-state index is 12.1. The van der Waals surface area contributed by atoms with Crippen LogP contribution in [0.3, 0.4) is 0 Å². The molecule has 1 amide bonds. The third-order valence-corrected chi connectivity index (χ3v) is 4.50. The van der Waals surface area contributed by atoms with Gasteiger partial charge in [0.15, 0.2) is 0 Å². The van der Waals surface area contributed by atoms with Crippen LogP contribution in [-0.4, -0.2) is 36.4 Å². The van der Waals surface area contributed by atoms with Crippen molar-refractivity contribution in [3.05, 3.63) is 21.4 Å². The van der Waals surface area contributed by atoms with Crippen molar-refractivity contribution in [2.75, 3.05) is 19.8 Å². The van der Waals surface area contributed by atoms with Gasteiger partial charge in [-0.15, -0.1) is 11.3 Å². The summed E-state index contributed by atoms with van der Waals surface area (Å²) in [5.74, 6) is 5.37. The molecule has 1 aromatic rings. The molecule has 1 aromatic heterocycles. The van der Waals surface area contributed by atoms with Gasteiger partial charge in [-0.1, -0.05) is 11.8 Å². The summed E-state index contributed by atoms with van der Waals surface area (Å²) in [5.41, 5.74) is 0.728. The van der Waals surface area contributed by atoms with Gasteiger partial charge in [-0.25, -0.2) is 0 Å². The van der Waals surface area contributed by atoms with Crippen LogP contribution in [0.1, 0.15) is 39.9 Å². The molecule has 1 saturated heterocycles. The van der Waals surface area contributed by atoms with Gasteiger partial charge in [-0.05, 0) is 38.3 Å². The first kappa shape index (κ1) is 15.0. The van der Waals surface area contributed by atoms with Gasteiger partial charge in [0.1, 0.15) is 6.61 Å². The second-order valence-corrected chi connectivity index (χ2v) is 6.22. The zero-order valence-electron chi connectivity index (χ0n) is 11.8. The van der Waals surface area contributed by atoms with Crippen LogP contribution >= 0.6 is 11.3 Å². The van der Waals surface area contributed by atoms with Crippen molar-refractivity contribution < 1.29 is 14.6 Å². The standard InChI is InChI=1S/C15H19NO3S/c1-11-9-13(20-12(11)5-3-7-17)14(18)16-10-15(2)6-4-8-19-15/h9,17H,4,6-8,10H2,1-2H3,(H,16,18). The Morgan fingerprint density at radius 3 is 3.10 bits per heavy atom. The van der Waals surface area contributed by atoms with Gasteiger partial charge in [0.05, 0.1) is 15.4 Å². The Morgan fingerprint density at radius 1 is 1.65 bits per heavy atom. The topological polar surface area (TPSA) is 58.6 Å². The smallest absolute Gasteiger partial charge is 0.261 e. The number of thiophene rings is 1. The number of aryl methyl sites for hydroxylation is 1. The van der Waals surface area contributed by atoms with Gasteiger partial charge in [0, 0.05) is 13.2 Å². The molecule has 1 aliphatic heterocycles. The Kier molecular flexibility index (Phi) is 4.81. The van der Waals surface area contributed by atoms with Gasteiger partial charge in [-0.3, -0.25) is 4.79 Å². The van der Waals surface area contributed by atoms with Gasteiger partial charge < -0.3 is 15.2 Å². The summed E-state index contributed by atoms with van der Waals surface area (Å²) < 4.78 is 5.65. The molecule has 1 unspecified atom stereocenters. The highest BCUT2D eigenvalue weighted by atomic mass is 32.1. The minimum absolute atomic E-state index is 0.0909. The number of aliphatic hydroxyl groups excluding tert-OH is 1. The average Bonchev–Trinajstić information content (AvgIpc) is 3.01. The van der Waals surface area contributed by atoms with Crippen LogP contribution in [-0.2, 0) is 4.74 Å². The first-order valence-corrected chi connectivity index (χ1v) is 7.48. The molecule has 1 atom stereocenters. The quantitative estimate of drug-likeness (QED) is 0.834. The van der Waals surface area contributed by atoms with E-state index in [4.69, 9.17) is 9.84 Å². The van der Waals surface area contributed by atoms with E-state index in [1.54, 1.807) is 0 Å². The monoisotopic (exact) mass is 293 g/mol. The molecule has 4 nitrogen and oxygen atoms in total. The van der Waals surface area contributed by atoms with Crippen molar-refractivity contribution in [3.63, 3.8) is 0 Å². The van der Waals surface area contributed by atoms with Crippen molar-refractivity contribution in [2.24, 2.45) is 0 Å². The fourth-order valence-corrected chi connectivity index (χ4v) is 3.13. The number of hydrogen-bond donors (Lipinski definition) is 2. The maximum atomic E-state index is 12.1. The molecule has 2 rings (SSSR count). The molecular formula is C15H19NO3S. The Hall–Kier alpha value is -1.35. The van der Waals surface area contributed by atoms with Gasteiger partial charge in [0.2, 0.25) is 0 Å². The molecule has 0 radical (unpaired) electrons. The van der Waals surface area contributed by atoms with E-state index in [1.807, 2.05) is 19.9 Å². The summed E-state index contributed by atoms with van der Waals surface area (Å²) in [4.78, 5) is 13.6. The number of rotatable bonds is 3. The molecule has 20 heavy (non-hydrogen) atoms. The lowest BCUT2D eigenvalue weighted by atomic mass is 10.0. The van der Waals surface area contributed by atoms with Crippen molar-refractivity contribution in [3.8, 4) is 11.8 Å². The highest BCUT2D eigenvalue weighted by molar-refractivity contribution is 7.14. The van der Waals surface area contributed by atoms with Crippen LogP contribution < -0.4 is 5.32 Å². The number of ether oxygens (including phenoxy) is 1. The molecule has 0 aliphatic carbocycles. The highest BCUT2D eigenvalue weighted by Crippen LogP contribution is 2.25. The average molecular weight is 293 g/mol. The molecule has 0 aromatic carbocycles. The van der Waals surface area contributed by atoms with E-state index in [0.717, 1.165) is 29.9 Å². The van der Waals surface area contributed by atoms with Crippen molar-refractivity contribution in [2.45, 2.75) is 32.3 Å². The molecule has 1 aliphatic rings. The van der Waals surface area contributed by atoms with Crippen LogP contribution in [0.25, 0.3) is 0 Å². The van der Waals surface area contributed by atoms with Gasteiger partial charge >= 0.3 is 0 Å². The molecule has 108 valence electrons. The van der Waals surface area contributed by atoms with Crippen LogP contribution in [0.2, 0.25) is 0 Å². The van der Waals surface area contributed by atoms with Crippen LogP contribution in [0.4, 0.5) is 0 Å². The third-order valence-electron chi connectivity index (χ3n) is 3.35. The van der Waals surface area contributed by atoms with Crippen LogP contribution in [0.5, 0.6) is 0 Å². The van der Waals surface area contributed by atoms with E-state index in [9.17, 15) is 4.79 Å². The third kappa shape index (κ3) is 3.60. The van der Waals surface area contributed by atoms with Crippen LogP contribution in [0.15, 0.2) is 6.07 Å². The second kappa shape index (κ2) is 6.40. The molecule has 0 saturated carbocycles. The number of aliphatic hydroxyl groups is 1. The van der Waals surface area contributed by atoms with E-state index in [2.05, 4.69) is 17.2 Å². The van der Waals surface area contributed by atoms with Crippen molar-refractivity contribution in [1.29, 1.82) is 0 Å². The molecule has 1 fully saturated rings. The summed E-state index contributed by atoms with van der Waals surface area (Å²) in [6.07, 6.45) is 2.02. The number of carbonyl (C=O) groups is 1. The lowest BCUT2D eigenvalue weighted by molar-refractivity contribution is 0.0206. The summed E-state index contributed by atoms with van der Waals surface area (Å²) in [5, 5.41) is 11.6. The van der Waals surface area contributed by atoms with E-state index in [1.165, 1.54) is 11.3 Å². The Morgan fingerprint density at radius 2 is 2.45 bits per heavy atom. The van der Waals surface area contributed by atoms with Gasteiger partial charge in [0.25, 0.3) is 5.91 Å². The first-order valence-electron chi connectivity index (χ1n) is 6.66. The minimum atomic E-state index is -0.235. The molecule has 2 N–H and O–H groups in total. The molecular weight excluding hydrogens is 274 g/mol. The number of hydrogen-bond acceptors (Lipinski definition) is 4. The van der Waals surface area contributed by atoms with E-state index in [0.29, 0.717) is 11.4 Å². The van der Waals surface area contributed by atoms with Crippen molar-refractivity contribution >= 4 is 17.2 Å².